The number of esters is 2. The van der Waals surface area contributed by atoms with Gasteiger partial charge in [-0.2, -0.15) is 0 Å². The molecule has 0 amide bonds. The number of allylic oxidation sites excluding steroid dienone is 8. The molecule has 0 aromatic rings. The minimum Gasteiger partial charge on any atom is -0.462 e. The fourth-order valence-corrected chi connectivity index (χ4v) is 20.2. The molecule has 750 valence electrons. The molecule has 3 saturated carbocycles. The first-order valence-electron chi connectivity index (χ1n) is 57.7. The van der Waals surface area contributed by atoms with E-state index in [9.17, 15) is 9.59 Å². The molecule has 0 aromatic carbocycles. The zero-order chi connectivity index (χ0) is 92.6. The standard InChI is InChI=1S/C42H81NO.C39H73NO2.C38H75NO2/c1-6-9-13-21-36-32-39(36)26-18-24-35(25-19-27-40-33-37(40)22-14-10-7-2)42(44-31-17-12-16-30-43(4)5)29-20-28-41-34-38(41)23-15-11-8-3;1-6-9-12-15-18-21-24-27-32-37(33-28-25-22-19-16-13-10-7-2)38(34-29-26-23-20-17-14-11-8-3)42-39(41)35-30-31-36-40(4)5;1-6-9-12-15-18-20-23-27-32-36(31-26-22-17-14-11-8-3)37(33-28-24-21-19-16-13-10-7-2)41-38(40)34-29-25-30-35-39(4)5/h35-42H,6-34H2,1-5H3;18-23,37-38H,6-17,24-36H2,1-5H3;19,21,36-37H,6-18,20,22-35H2,1-5H3/b;21-18-,22-19-,23-20+;21-19-. The van der Waals surface area contributed by atoms with Gasteiger partial charge in [-0.3, -0.25) is 9.59 Å². The van der Waals surface area contributed by atoms with Gasteiger partial charge in [-0.25, -0.2) is 0 Å². The summed E-state index contributed by atoms with van der Waals surface area (Å²) in [5.41, 5.74) is 0. The monoisotopic (exact) mass is 1780 g/mol. The second-order valence-electron chi connectivity index (χ2n) is 42.4. The Labute approximate surface area is 797 Å². The first-order valence-corrected chi connectivity index (χ1v) is 57.7. The van der Waals surface area contributed by atoms with E-state index < -0.39 is 0 Å². The predicted molar refractivity (Wildman–Crippen MR) is 564 cm³/mol. The highest BCUT2D eigenvalue weighted by Gasteiger charge is 2.39. The summed E-state index contributed by atoms with van der Waals surface area (Å²) in [4.78, 5) is 32.7. The largest absolute Gasteiger partial charge is 0.462 e. The van der Waals surface area contributed by atoms with Crippen LogP contribution < -0.4 is 0 Å². The number of nitrogens with zero attached hydrogens (tertiary/aromatic N) is 3. The number of carbonyl (C=O) groups is 2. The van der Waals surface area contributed by atoms with Gasteiger partial charge in [0.2, 0.25) is 0 Å². The molecule has 3 fully saturated rings. The molecule has 0 radical (unpaired) electrons. The van der Waals surface area contributed by atoms with E-state index >= 15 is 0 Å². The Balaban J connectivity index is 0.000000954. The van der Waals surface area contributed by atoms with E-state index in [1.54, 1.807) is 12.8 Å². The molecule has 3 aliphatic rings. The third-order valence-electron chi connectivity index (χ3n) is 29.1. The smallest absolute Gasteiger partial charge is 0.306 e. The molecule has 0 aliphatic heterocycles. The SMILES string of the molecule is CCCCC/C=C\CCCC(CCC/C=C\CCCCC)C(CCC/C=C/CCCCC)OC(=O)CCCCN(C)C.CCCCC/C=C\CCCC(OC(=O)CCCCCN(C)C)C(CCCCCCCC)CCCCCCCCCC.CCCCCC1CC1CCCC(CCCC1CC1CCCCC)C(CCCC1CC1CCCCC)OCCCCCN(C)C. The van der Waals surface area contributed by atoms with Crippen LogP contribution in [0.4, 0.5) is 0 Å². The highest BCUT2D eigenvalue weighted by molar-refractivity contribution is 5.70. The zero-order valence-corrected chi connectivity index (χ0v) is 88.9. The van der Waals surface area contributed by atoms with E-state index in [1.807, 2.05) is 0 Å². The summed E-state index contributed by atoms with van der Waals surface area (Å²) >= 11 is 0. The Morgan fingerprint density at radius 1 is 0.236 bits per heavy atom. The molecule has 3 aliphatic carbocycles. The molecule has 0 spiro atoms. The summed E-state index contributed by atoms with van der Waals surface area (Å²) in [6.45, 7) is 25.0. The summed E-state index contributed by atoms with van der Waals surface area (Å²) in [5, 5.41) is 0. The van der Waals surface area contributed by atoms with Crippen molar-refractivity contribution in [3.05, 3.63) is 48.6 Å². The molecule has 0 heterocycles. The molecular weight excluding hydrogens is 1550 g/mol. The maximum Gasteiger partial charge on any atom is 0.306 e. The molecule has 0 aromatic heterocycles. The normalized spacial score (nSPS) is 18.0. The van der Waals surface area contributed by atoms with Crippen LogP contribution in [-0.4, -0.2) is 113 Å². The summed E-state index contributed by atoms with van der Waals surface area (Å²) < 4.78 is 19.6. The van der Waals surface area contributed by atoms with Gasteiger partial charge in [0.1, 0.15) is 12.2 Å². The lowest BCUT2D eigenvalue weighted by Crippen LogP contribution is -2.27. The lowest BCUT2D eigenvalue weighted by Gasteiger charge is -2.28. The van der Waals surface area contributed by atoms with Crippen molar-refractivity contribution in [1.29, 1.82) is 0 Å². The highest BCUT2D eigenvalue weighted by Crippen LogP contribution is 2.49. The molecule has 10 atom stereocenters. The van der Waals surface area contributed by atoms with Gasteiger partial charge in [0.25, 0.3) is 0 Å². The van der Waals surface area contributed by atoms with Crippen molar-refractivity contribution < 1.29 is 23.8 Å². The van der Waals surface area contributed by atoms with E-state index in [2.05, 4.69) is 168 Å². The van der Waals surface area contributed by atoms with Crippen LogP contribution in [0, 0.1) is 53.3 Å². The second kappa shape index (κ2) is 92.8. The average Bonchev–Trinajstić information content (AvgIpc) is 1.71. The second-order valence-corrected chi connectivity index (χ2v) is 42.4. The first-order chi connectivity index (χ1) is 62.1. The third-order valence-corrected chi connectivity index (χ3v) is 29.1. The van der Waals surface area contributed by atoms with Crippen molar-refractivity contribution in [3.8, 4) is 0 Å². The number of unbranched alkanes of at least 4 members (excludes halogenated alkanes) is 39. The van der Waals surface area contributed by atoms with Crippen molar-refractivity contribution >= 4 is 11.9 Å². The lowest BCUT2D eigenvalue weighted by molar-refractivity contribution is -0.154. The van der Waals surface area contributed by atoms with Crippen molar-refractivity contribution in [2.24, 2.45) is 53.3 Å². The van der Waals surface area contributed by atoms with Crippen molar-refractivity contribution in [2.45, 2.75) is 581 Å². The van der Waals surface area contributed by atoms with Crippen LogP contribution in [0.25, 0.3) is 0 Å². The van der Waals surface area contributed by atoms with Crippen LogP contribution in [0.15, 0.2) is 48.6 Å². The number of hydrogen-bond donors (Lipinski definition) is 0. The van der Waals surface area contributed by atoms with Crippen molar-refractivity contribution in [1.82, 2.24) is 14.7 Å². The van der Waals surface area contributed by atoms with Crippen LogP contribution in [0.3, 0.4) is 0 Å². The van der Waals surface area contributed by atoms with Gasteiger partial charge in [-0.15, -0.1) is 0 Å². The molecule has 8 heteroatoms. The van der Waals surface area contributed by atoms with E-state index in [0.29, 0.717) is 30.8 Å². The predicted octanol–water partition coefficient (Wildman–Crippen LogP) is 37.3. The summed E-state index contributed by atoms with van der Waals surface area (Å²) in [5.74, 6) is 8.30. The number of hydrogen-bond acceptors (Lipinski definition) is 8. The zero-order valence-electron chi connectivity index (χ0n) is 88.9. The van der Waals surface area contributed by atoms with Crippen molar-refractivity contribution in [2.75, 3.05) is 68.5 Å². The molecule has 0 saturated heterocycles. The fraction of sp³-hybridized carbons (Fsp3) is 0.916. The first kappa shape index (κ1) is 123. The van der Waals surface area contributed by atoms with E-state index in [0.717, 1.165) is 157 Å². The third kappa shape index (κ3) is 80.7. The van der Waals surface area contributed by atoms with Crippen molar-refractivity contribution in [3.63, 3.8) is 0 Å². The maximum atomic E-state index is 13.0. The Morgan fingerprint density at radius 3 is 0.787 bits per heavy atom. The van der Waals surface area contributed by atoms with Gasteiger partial charge in [0, 0.05) is 19.4 Å². The molecule has 127 heavy (non-hydrogen) atoms. The summed E-state index contributed by atoms with van der Waals surface area (Å²) in [6, 6.07) is 0. The van der Waals surface area contributed by atoms with Crippen LogP contribution in [0.1, 0.15) is 563 Å². The van der Waals surface area contributed by atoms with Gasteiger partial charge in [-0.05, 0) is 340 Å². The van der Waals surface area contributed by atoms with Gasteiger partial charge < -0.3 is 28.9 Å². The molecule has 10 unspecified atom stereocenters. The van der Waals surface area contributed by atoms with E-state index in [-0.39, 0.29) is 24.1 Å². The van der Waals surface area contributed by atoms with Crippen LogP contribution in [0.2, 0.25) is 0 Å². The number of carbonyl (C=O) groups excluding carboxylic acids is 2. The number of rotatable bonds is 95. The van der Waals surface area contributed by atoms with Gasteiger partial charge in [0.05, 0.1) is 6.10 Å². The molecule has 0 bridgehead atoms. The minimum atomic E-state index is 0.0190. The minimum absolute atomic E-state index is 0.0190. The molecule has 3 rings (SSSR count). The Kier molecular flexibility index (Phi) is 89.7. The van der Waals surface area contributed by atoms with Gasteiger partial charge >= 0.3 is 11.9 Å². The topological polar surface area (TPSA) is 71.5 Å². The van der Waals surface area contributed by atoms with Crippen LogP contribution in [-0.2, 0) is 23.8 Å². The summed E-state index contributed by atoms with van der Waals surface area (Å²) in [7, 11) is 12.8. The molecule has 0 N–H and O–H groups in total. The van der Waals surface area contributed by atoms with Gasteiger partial charge in [-0.1, -0.05) is 374 Å². The summed E-state index contributed by atoms with van der Waals surface area (Å²) in [6.07, 6.45) is 120. The Hall–Kier alpha value is -2.26. The molecule has 8 nitrogen and oxygen atoms in total. The Morgan fingerprint density at radius 2 is 0.457 bits per heavy atom. The van der Waals surface area contributed by atoms with Crippen LogP contribution in [0.5, 0.6) is 0 Å². The lowest BCUT2D eigenvalue weighted by atomic mass is 9.86. The fourth-order valence-electron chi connectivity index (χ4n) is 20.2. The number of ether oxygens (including phenoxy) is 3. The molecular formula is C119H229N3O5. The highest BCUT2D eigenvalue weighted by atomic mass is 16.5. The van der Waals surface area contributed by atoms with E-state index in [1.165, 1.54) is 385 Å². The Bertz CT molecular complexity index is 2340. The van der Waals surface area contributed by atoms with Crippen LogP contribution >= 0.6 is 0 Å². The van der Waals surface area contributed by atoms with E-state index in [4.69, 9.17) is 14.2 Å². The quantitative estimate of drug-likeness (QED) is 0.0339. The van der Waals surface area contributed by atoms with Gasteiger partial charge in [0.15, 0.2) is 0 Å². The maximum absolute atomic E-state index is 13.0. The average molecular weight is 1780 g/mol.